The fraction of sp³-hybridized carbons (Fsp3) is 0.391. The Morgan fingerprint density at radius 2 is 1.84 bits per heavy atom. The highest BCUT2D eigenvalue weighted by Gasteiger charge is 2.24. The number of hydrogen-bond donors (Lipinski definition) is 1. The molecule has 2 aromatic carbocycles. The van der Waals surface area contributed by atoms with E-state index in [1.807, 2.05) is 60.7 Å². The van der Waals surface area contributed by atoms with Crippen LogP contribution in [0, 0.1) is 13.8 Å². The van der Waals surface area contributed by atoms with Gasteiger partial charge >= 0.3 is 0 Å². The number of carbonyl (C=O) groups is 2. The lowest BCUT2D eigenvalue weighted by Crippen LogP contribution is -2.50. The normalized spacial score (nSPS) is 14.7. The number of piperazine rings is 1. The van der Waals surface area contributed by atoms with Crippen LogP contribution in [0.25, 0.3) is 11.0 Å². The van der Waals surface area contributed by atoms with E-state index >= 15 is 0 Å². The minimum absolute atomic E-state index is 0.00700. The van der Waals surface area contributed by atoms with Gasteiger partial charge in [0.1, 0.15) is 5.52 Å². The van der Waals surface area contributed by atoms with Crippen LogP contribution in [0.3, 0.4) is 0 Å². The third kappa shape index (κ3) is 4.44. The summed E-state index contributed by atoms with van der Waals surface area (Å²) < 4.78 is 1.81. The molecule has 0 saturated carbocycles. The molecule has 8 heteroatoms. The van der Waals surface area contributed by atoms with E-state index < -0.39 is 0 Å². The van der Waals surface area contributed by atoms with Crippen LogP contribution in [-0.2, 0) is 11.3 Å². The van der Waals surface area contributed by atoms with Crippen LogP contribution in [0.15, 0.2) is 36.4 Å². The van der Waals surface area contributed by atoms with Gasteiger partial charge in [0.15, 0.2) is 0 Å². The van der Waals surface area contributed by atoms with E-state index in [0.717, 1.165) is 34.4 Å². The van der Waals surface area contributed by atoms with Crippen LogP contribution in [0.1, 0.15) is 28.4 Å². The second-order valence-electron chi connectivity index (χ2n) is 7.97. The molecule has 1 N–H and O–H groups in total. The molecule has 3 aromatic rings. The summed E-state index contributed by atoms with van der Waals surface area (Å²) in [6, 6.07) is 11.4. The maximum Gasteiger partial charge on any atom is 0.254 e. The molecule has 1 aliphatic heterocycles. The molecule has 0 spiro atoms. The molecule has 0 aliphatic carbocycles. The highest BCUT2D eigenvalue weighted by Crippen LogP contribution is 2.18. The molecule has 1 aromatic heterocycles. The molecular weight excluding hydrogens is 392 g/mol. The van der Waals surface area contributed by atoms with Crippen molar-refractivity contribution in [3.63, 3.8) is 0 Å². The van der Waals surface area contributed by atoms with Gasteiger partial charge in [-0.15, -0.1) is 5.10 Å². The Hall–Kier alpha value is -3.26. The van der Waals surface area contributed by atoms with Crippen molar-refractivity contribution < 1.29 is 9.59 Å². The zero-order valence-corrected chi connectivity index (χ0v) is 18.3. The molecule has 1 fully saturated rings. The molecule has 1 aliphatic rings. The number of rotatable bonds is 5. The lowest BCUT2D eigenvalue weighted by atomic mass is 10.1. The van der Waals surface area contributed by atoms with Crippen LogP contribution >= 0.6 is 0 Å². The second kappa shape index (κ2) is 8.85. The Bertz CT molecular complexity index is 1110. The van der Waals surface area contributed by atoms with Gasteiger partial charge in [0.05, 0.1) is 12.1 Å². The first-order valence-corrected chi connectivity index (χ1v) is 10.7. The monoisotopic (exact) mass is 420 g/mol. The number of fused-ring (bicyclic) bond motifs is 1. The van der Waals surface area contributed by atoms with Gasteiger partial charge in [0, 0.05) is 44.0 Å². The van der Waals surface area contributed by atoms with Gasteiger partial charge in [-0.25, -0.2) is 4.68 Å². The van der Waals surface area contributed by atoms with Crippen molar-refractivity contribution in [2.45, 2.75) is 27.3 Å². The van der Waals surface area contributed by atoms with E-state index in [1.54, 1.807) is 6.07 Å². The van der Waals surface area contributed by atoms with Crippen LogP contribution < -0.4 is 5.32 Å². The predicted octanol–water partition coefficient (Wildman–Crippen LogP) is 2.46. The average Bonchev–Trinajstić information content (AvgIpc) is 3.19. The molecule has 4 rings (SSSR count). The third-order valence-corrected chi connectivity index (χ3v) is 5.97. The molecular formula is C23H28N6O2. The fourth-order valence-corrected chi connectivity index (χ4v) is 3.91. The summed E-state index contributed by atoms with van der Waals surface area (Å²) in [6.45, 7) is 9.63. The van der Waals surface area contributed by atoms with E-state index in [4.69, 9.17) is 0 Å². The molecule has 1 saturated heterocycles. The Morgan fingerprint density at radius 1 is 1.06 bits per heavy atom. The van der Waals surface area contributed by atoms with E-state index in [-0.39, 0.29) is 11.8 Å². The van der Waals surface area contributed by atoms with Crippen LogP contribution in [0.2, 0.25) is 0 Å². The smallest absolute Gasteiger partial charge is 0.254 e. The van der Waals surface area contributed by atoms with Crippen LogP contribution in [-0.4, -0.2) is 69.3 Å². The van der Waals surface area contributed by atoms with Crippen LogP contribution in [0.4, 0.5) is 5.69 Å². The first kappa shape index (κ1) is 21.0. The number of hydrogen-bond acceptors (Lipinski definition) is 5. The minimum atomic E-state index is -0.0297. The van der Waals surface area contributed by atoms with Gasteiger partial charge in [-0.2, -0.15) is 0 Å². The molecule has 0 bridgehead atoms. The van der Waals surface area contributed by atoms with Crippen molar-refractivity contribution in [2.24, 2.45) is 0 Å². The third-order valence-electron chi connectivity index (χ3n) is 5.97. The van der Waals surface area contributed by atoms with Crippen molar-refractivity contribution in [2.75, 3.05) is 38.0 Å². The average molecular weight is 421 g/mol. The molecule has 2 amide bonds. The molecule has 0 unspecified atom stereocenters. The SMILES string of the molecule is CCn1nnc2cc(C(=O)N3CCN(CC(=O)Nc4cccc(C)c4C)CC3)ccc21. The van der Waals surface area contributed by atoms with Crippen LogP contribution in [0.5, 0.6) is 0 Å². The quantitative estimate of drug-likeness (QED) is 0.686. The highest BCUT2D eigenvalue weighted by atomic mass is 16.2. The summed E-state index contributed by atoms with van der Waals surface area (Å²) in [5.74, 6) is -0.0367. The van der Waals surface area contributed by atoms with Crippen molar-refractivity contribution >= 4 is 28.5 Å². The summed E-state index contributed by atoms with van der Waals surface area (Å²) >= 11 is 0. The maximum absolute atomic E-state index is 12.9. The lowest BCUT2D eigenvalue weighted by Gasteiger charge is -2.34. The number of nitrogens with one attached hydrogen (secondary N) is 1. The zero-order chi connectivity index (χ0) is 22.0. The van der Waals surface area contributed by atoms with Crippen molar-refractivity contribution in [1.29, 1.82) is 0 Å². The van der Waals surface area contributed by atoms with E-state index in [9.17, 15) is 9.59 Å². The van der Waals surface area contributed by atoms with Gasteiger partial charge < -0.3 is 10.2 Å². The van der Waals surface area contributed by atoms with Crippen molar-refractivity contribution in [3.05, 3.63) is 53.1 Å². The Balaban J connectivity index is 1.32. The number of aromatic nitrogens is 3. The number of benzene rings is 2. The number of amides is 2. The summed E-state index contributed by atoms with van der Waals surface area (Å²) in [7, 11) is 0. The second-order valence-corrected chi connectivity index (χ2v) is 7.97. The Morgan fingerprint density at radius 3 is 2.58 bits per heavy atom. The number of nitrogens with zero attached hydrogens (tertiary/aromatic N) is 5. The van der Waals surface area contributed by atoms with Gasteiger partial charge in [0.25, 0.3) is 5.91 Å². The first-order valence-electron chi connectivity index (χ1n) is 10.7. The van der Waals surface area contributed by atoms with Gasteiger partial charge in [-0.3, -0.25) is 14.5 Å². The molecule has 0 atom stereocenters. The summed E-state index contributed by atoms with van der Waals surface area (Å²) in [5.41, 5.74) is 5.38. The molecule has 8 nitrogen and oxygen atoms in total. The van der Waals surface area contributed by atoms with Gasteiger partial charge in [0.2, 0.25) is 5.91 Å². The highest BCUT2D eigenvalue weighted by molar-refractivity contribution is 5.97. The first-order chi connectivity index (χ1) is 15.0. The number of carbonyl (C=O) groups excluding carboxylic acids is 2. The molecule has 2 heterocycles. The summed E-state index contributed by atoms with van der Waals surface area (Å²) in [5, 5.41) is 11.3. The fourth-order valence-electron chi connectivity index (χ4n) is 3.91. The lowest BCUT2D eigenvalue weighted by molar-refractivity contribution is -0.117. The number of anilines is 1. The van der Waals surface area contributed by atoms with Gasteiger partial charge in [-0.05, 0) is 56.2 Å². The topological polar surface area (TPSA) is 83.4 Å². The predicted molar refractivity (Wildman–Crippen MR) is 120 cm³/mol. The molecule has 162 valence electrons. The summed E-state index contributed by atoms with van der Waals surface area (Å²) in [4.78, 5) is 29.3. The summed E-state index contributed by atoms with van der Waals surface area (Å²) in [6.07, 6.45) is 0. The molecule has 0 radical (unpaired) electrons. The standard InChI is InChI=1S/C23H28N6O2/c1-4-29-21-9-8-18(14-20(21)25-26-29)23(31)28-12-10-27(11-13-28)15-22(30)24-19-7-5-6-16(2)17(19)3/h5-9,14H,4,10-13,15H2,1-3H3,(H,24,30). The van der Waals surface area contributed by atoms with E-state index in [0.29, 0.717) is 38.3 Å². The van der Waals surface area contributed by atoms with Crippen molar-refractivity contribution in [3.8, 4) is 0 Å². The minimum Gasteiger partial charge on any atom is -0.336 e. The Labute approximate surface area is 181 Å². The Kier molecular flexibility index (Phi) is 5.99. The van der Waals surface area contributed by atoms with Gasteiger partial charge in [-0.1, -0.05) is 17.3 Å². The zero-order valence-electron chi connectivity index (χ0n) is 18.3. The number of aryl methyl sites for hydroxylation is 2. The molecule has 31 heavy (non-hydrogen) atoms. The van der Waals surface area contributed by atoms with E-state index in [2.05, 4.69) is 20.5 Å². The van der Waals surface area contributed by atoms with E-state index in [1.165, 1.54) is 0 Å². The van der Waals surface area contributed by atoms with Crippen molar-refractivity contribution in [1.82, 2.24) is 24.8 Å². The maximum atomic E-state index is 12.9. The largest absolute Gasteiger partial charge is 0.336 e.